The van der Waals surface area contributed by atoms with Gasteiger partial charge in [0.25, 0.3) is 15.9 Å². The number of hydrogen-bond donors (Lipinski definition) is 2. The molecule has 4 aromatic carbocycles. The Labute approximate surface area is 348 Å². The van der Waals surface area contributed by atoms with Gasteiger partial charge >= 0.3 is 5.97 Å². The summed E-state index contributed by atoms with van der Waals surface area (Å²) in [7, 11) is 6.33. The number of carboxylic acids is 1. The van der Waals surface area contributed by atoms with Gasteiger partial charge in [-0.3, -0.25) is 9.10 Å². The van der Waals surface area contributed by atoms with E-state index in [0.717, 1.165) is 11.0 Å². The highest BCUT2D eigenvalue weighted by molar-refractivity contribution is 7.92. The molecule has 1 aliphatic heterocycles. The van der Waals surface area contributed by atoms with Crippen LogP contribution in [-0.2, 0) is 10.0 Å². The van der Waals surface area contributed by atoms with E-state index in [0.29, 0.717) is 45.8 Å². The third-order valence-corrected chi connectivity index (χ3v) is 11.9. The number of carbonyl (C=O) groups excluding carboxylic acids is 1. The summed E-state index contributed by atoms with van der Waals surface area (Å²) < 4.78 is 54.4. The number of benzene rings is 5. The minimum absolute atomic E-state index is 0.00572. The second-order valence-electron chi connectivity index (χ2n) is 13.9. The molecular formula is C44H46ClN4O9S+. The fraction of sp³-hybridized carbons (Fsp3) is 0.250. The van der Waals surface area contributed by atoms with Crippen molar-refractivity contribution in [3.05, 3.63) is 113 Å². The average molecular weight is 842 g/mol. The number of hydrogen-bond acceptors (Lipinski definition) is 9. The Kier molecular flexibility index (Phi) is 12.7. The van der Waals surface area contributed by atoms with Crippen molar-refractivity contribution < 1.29 is 41.7 Å². The number of carboxylic acid groups (broad SMARTS) is 1. The molecule has 0 fully saturated rings. The van der Waals surface area contributed by atoms with Crippen LogP contribution in [0.2, 0.25) is 5.02 Å². The van der Waals surface area contributed by atoms with Crippen LogP contribution in [0, 0.1) is 0 Å². The van der Waals surface area contributed by atoms with E-state index in [1.165, 1.54) is 48.9 Å². The number of amides is 1. The molecule has 0 atom stereocenters. The Hall–Kier alpha value is -6.25. The summed E-state index contributed by atoms with van der Waals surface area (Å²) in [5, 5.41) is 15.2. The minimum Gasteiger partial charge on any atom is -0.495 e. The van der Waals surface area contributed by atoms with E-state index in [9.17, 15) is 23.1 Å². The van der Waals surface area contributed by atoms with Crippen LogP contribution in [0.4, 0.5) is 11.4 Å². The molecule has 0 aromatic heterocycles. The molecular weight excluding hydrogens is 796 g/mol. The zero-order valence-electron chi connectivity index (χ0n) is 33.8. The van der Waals surface area contributed by atoms with E-state index >= 15 is 0 Å². The maximum atomic E-state index is 14.2. The molecule has 0 saturated carbocycles. The normalized spacial score (nSPS) is 11.3. The van der Waals surface area contributed by atoms with Crippen LogP contribution in [0.3, 0.4) is 0 Å². The molecule has 15 heteroatoms. The van der Waals surface area contributed by atoms with Crippen LogP contribution >= 0.6 is 11.6 Å². The summed E-state index contributed by atoms with van der Waals surface area (Å²) >= 11 is 6.36. The topological polar surface area (TPSA) is 151 Å². The smallest absolute Gasteiger partial charge is 0.336 e. The maximum absolute atomic E-state index is 14.2. The highest BCUT2D eigenvalue weighted by Crippen LogP contribution is 2.43. The maximum Gasteiger partial charge on any atom is 0.336 e. The van der Waals surface area contributed by atoms with Crippen molar-refractivity contribution in [3.63, 3.8) is 0 Å². The van der Waals surface area contributed by atoms with Gasteiger partial charge in [0.1, 0.15) is 42.7 Å². The molecule has 0 saturated heterocycles. The SMILES string of the molecule is CCOc1ccc(S(=O)(=O)N(CCCNC(=O)c2ccc(-c3c4ccc(=[N+](C)C)cc-4oc4cc(N(C)C)ccc34)c(C(=O)O)c2)c2cc(OC)c(Cl)cc2OC)cc1. The average Bonchev–Trinajstić information content (AvgIpc) is 3.22. The Morgan fingerprint density at radius 3 is 2.24 bits per heavy atom. The van der Waals surface area contributed by atoms with Crippen molar-refractivity contribution in [1.29, 1.82) is 0 Å². The molecule has 308 valence electrons. The van der Waals surface area contributed by atoms with Crippen molar-refractivity contribution in [2.75, 3.05) is 71.3 Å². The molecule has 2 N–H and O–H groups in total. The predicted molar refractivity (Wildman–Crippen MR) is 230 cm³/mol. The van der Waals surface area contributed by atoms with E-state index in [1.807, 2.05) is 81.0 Å². The fourth-order valence-electron chi connectivity index (χ4n) is 6.73. The van der Waals surface area contributed by atoms with Crippen LogP contribution in [0.25, 0.3) is 33.4 Å². The molecule has 6 rings (SSSR count). The summed E-state index contributed by atoms with van der Waals surface area (Å²) in [6.45, 7) is 2.21. The van der Waals surface area contributed by atoms with Crippen LogP contribution in [-0.4, -0.2) is 87.5 Å². The minimum atomic E-state index is -4.19. The number of nitrogens with zero attached hydrogens (tertiary/aromatic N) is 3. The number of rotatable bonds is 15. The molecule has 13 nitrogen and oxygen atoms in total. The fourth-order valence-corrected chi connectivity index (χ4v) is 8.47. The third-order valence-electron chi connectivity index (χ3n) is 9.77. The summed E-state index contributed by atoms with van der Waals surface area (Å²) in [6.07, 6.45) is 0.162. The van der Waals surface area contributed by atoms with E-state index < -0.39 is 21.9 Å². The van der Waals surface area contributed by atoms with Crippen LogP contribution in [0.1, 0.15) is 34.1 Å². The quantitative estimate of drug-likeness (QED) is 0.0624. The first-order valence-electron chi connectivity index (χ1n) is 18.7. The molecule has 0 unspecified atom stereocenters. The first kappa shape index (κ1) is 42.4. The monoisotopic (exact) mass is 841 g/mol. The van der Waals surface area contributed by atoms with Gasteiger partial charge < -0.3 is 34.0 Å². The summed E-state index contributed by atoms with van der Waals surface area (Å²) in [5.74, 6) is -0.226. The van der Waals surface area contributed by atoms with Crippen molar-refractivity contribution in [2.24, 2.45) is 0 Å². The number of nitrogens with one attached hydrogen (secondary N) is 1. The summed E-state index contributed by atoms with van der Waals surface area (Å²) in [5.41, 5.74) is 3.48. The Morgan fingerprint density at radius 1 is 0.881 bits per heavy atom. The van der Waals surface area contributed by atoms with Crippen molar-refractivity contribution in [3.8, 4) is 39.7 Å². The lowest BCUT2D eigenvalue weighted by molar-refractivity contribution is 0.0697. The third kappa shape index (κ3) is 8.78. The van der Waals surface area contributed by atoms with Gasteiger partial charge in [0.15, 0.2) is 0 Å². The molecule has 0 spiro atoms. The van der Waals surface area contributed by atoms with Crippen LogP contribution < -0.4 is 38.7 Å². The number of ether oxygens (including phenoxy) is 3. The number of aromatic carboxylic acids is 1. The number of sulfonamides is 1. The number of carbonyl (C=O) groups is 2. The summed E-state index contributed by atoms with van der Waals surface area (Å²) in [4.78, 5) is 28.5. The van der Waals surface area contributed by atoms with E-state index in [1.54, 1.807) is 24.3 Å². The number of halogens is 1. The number of anilines is 2. The largest absolute Gasteiger partial charge is 0.495 e. The Bertz CT molecular complexity index is 2690. The molecule has 1 amide bonds. The van der Waals surface area contributed by atoms with E-state index in [-0.39, 0.29) is 57.7 Å². The highest BCUT2D eigenvalue weighted by Gasteiger charge is 2.29. The van der Waals surface area contributed by atoms with Crippen molar-refractivity contribution in [1.82, 2.24) is 9.89 Å². The molecule has 1 aliphatic carbocycles. The lowest BCUT2D eigenvalue weighted by Gasteiger charge is -2.27. The molecule has 59 heavy (non-hydrogen) atoms. The van der Waals surface area contributed by atoms with Gasteiger partial charge in [-0.2, -0.15) is 0 Å². The second kappa shape index (κ2) is 17.7. The second-order valence-corrected chi connectivity index (χ2v) is 16.2. The Balaban J connectivity index is 1.31. The lowest BCUT2D eigenvalue weighted by Crippen LogP contribution is -2.35. The van der Waals surface area contributed by atoms with E-state index in [4.69, 9.17) is 30.2 Å². The zero-order valence-corrected chi connectivity index (χ0v) is 35.4. The first-order chi connectivity index (χ1) is 28.2. The first-order valence-corrected chi connectivity index (χ1v) is 20.5. The van der Waals surface area contributed by atoms with E-state index in [2.05, 4.69) is 5.32 Å². The van der Waals surface area contributed by atoms with Gasteiger partial charge in [-0.1, -0.05) is 17.7 Å². The van der Waals surface area contributed by atoms with Crippen molar-refractivity contribution in [2.45, 2.75) is 18.2 Å². The zero-order chi connectivity index (χ0) is 42.6. The van der Waals surface area contributed by atoms with Gasteiger partial charge in [0.2, 0.25) is 5.36 Å². The number of fused-ring (bicyclic) bond motifs is 2. The van der Waals surface area contributed by atoms with Gasteiger partial charge in [-0.15, -0.1) is 0 Å². The molecule has 2 aliphatic rings. The molecule has 0 bridgehead atoms. The van der Waals surface area contributed by atoms with Gasteiger partial charge in [0, 0.05) is 79.2 Å². The molecule has 1 heterocycles. The molecule has 4 aromatic rings. The predicted octanol–water partition coefficient (Wildman–Crippen LogP) is 7.09. The summed E-state index contributed by atoms with van der Waals surface area (Å²) in [6, 6.07) is 25.1. The highest BCUT2D eigenvalue weighted by atomic mass is 35.5. The Morgan fingerprint density at radius 2 is 1.59 bits per heavy atom. The lowest BCUT2D eigenvalue weighted by atomic mass is 9.89. The molecule has 0 radical (unpaired) electrons. The van der Waals surface area contributed by atoms with Crippen LogP contribution in [0.5, 0.6) is 17.2 Å². The number of methoxy groups -OCH3 is 2. The standard InChI is InChI=1S/C44H45ClN4O9S/c1-8-57-30-13-15-31(16-14-30)59(53,54)49(37-26-40(55-6)36(45)25-41(37)56-7)21-9-20-46-43(50)27-10-17-32(35(22-27)44(51)52)42-33-18-11-28(47(2)3)23-38(33)58-39-24-29(48(4)5)12-19-34(39)42/h10-19,22-26H,8-9,20-21H2,1-7H3,(H-,46,50,51,52)/p+1. The van der Waals surface area contributed by atoms with Gasteiger partial charge in [0.05, 0.1) is 48.1 Å². The van der Waals surface area contributed by atoms with Gasteiger partial charge in [-0.25, -0.2) is 17.8 Å². The van der Waals surface area contributed by atoms with Gasteiger partial charge in [-0.05, 0) is 73.5 Å². The van der Waals surface area contributed by atoms with Crippen molar-refractivity contribution >= 4 is 55.8 Å². The van der Waals surface area contributed by atoms with Crippen LogP contribution in [0.15, 0.2) is 100 Å².